The van der Waals surface area contributed by atoms with Gasteiger partial charge in [0, 0.05) is 12.5 Å². The van der Waals surface area contributed by atoms with Crippen LogP contribution in [0.4, 0.5) is 0 Å². The number of carbonyl (C=O) groups excluding carboxylic acids is 1. The second-order valence-electron chi connectivity index (χ2n) is 3.90. The van der Waals surface area contributed by atoms with Crippen LogP contribution in [0, 0.1) is 0 Å². The van der Waals surface area contributed by atoms with Gasteiger partial charge in [-0.05, 0) is 30.5 Å². The molecule has 0 aliphatic heterocycles. The topological polar surface area (TPSA) is 86.6 Å². The van der Waals surface area contributed by atoms with Gasteiger partial charge in [0.25, 0.3) is 0 Å². The molecule has 1 aromatic carbocycles. The molecule has 0 aliphatic rings. The highest BCUT2D eigenvalue weighted by Gasteiger charge is 2.11. The Morgan fingerprint density at radius 3 is 2.78 bits per heavy atom. The van der Waals surface area contributed by atoms with E-state index in [0.29, 0.717) is 19.3 Å². The SMILES string of the molecule is O=CNC(CCC(=O)O)Cc1ccc(O)c(Cl)c1. The number of halogens is 1. The second-order valence-corrected chi connectivity index (χ2v) is 4.31. The number of aliphatic carboxylic acids is 1. The van der Waals surface area contributed by atoms with E-state index >= 15 is 0 Å². The number of nitrogens with one attached hydrogen (secondary N) is 1. The molecule has 1 unspecified atom stereocenters. The number of carboxylic acid groups (broad SMARTS) is 1. The summed E-state index contributed by atoms with van der Waals surface area (Å²) in [5.74, 6) is -0.915. The van der Waals surface area contributed by atoms with E-state index in [2.05, 4.69) is 5.32 Å². The van der Waals surface area contributed by atoms with Crippen LogP contribution in [-0.4, -0.2) is 28.6 Å². The minimum Gasteiger partial charge on any atom is -0.506 e. The summed E-state index contributed by atoms with van der Waals surface area (Å²) in [4.78, 5) is 20.9. The number of carbonyl (C=O) groups is 2. The summed E-state index contributed by atoms with van der Waals surface area (Å²) < 4.78 is 0. The maximum absolute atomic E-state index is 10.5. The van der Waals surface area contributed by atoms with Crippen LogP contribution < -0.4 is 5.32 Å². The maximum atomic E-state index is 10.5. The van der Waals surface area contributed by atoms with Crippen LogP contribution in [0.5, 0.6) is 5.75 Å². The molecule has 5 nitrogen and oxygen atoms in total. The lowest BCUT2D eigenvalue weighted by atomic mass is 10.0. The molecule has 0 bridgehead atoms. The van der Waals surface area contributed by atoms with Crippen LogP contribution in [0.25, 0.3) is 0 Å². The highest BCUT2D eigenvalue weighted by Crippen LogP contribution is 2.24. The predicted octanol–water partition coefficient (Wildman–Crippen LogP) is 1.57. The van der Waals surface area contributed by atoms with E-state index in [0.717, 1.165) is 5.56 Å². The van der Waals surface area contributed by atoms with Crippen molar-refractivity contribution in [2.24, 2.45) is 0 Å². The third kappa shape index (κ3) is 4.63. The molecule has 0 aliphatic carbocycles. The van der Waals surface area contributed by atoms with Gasteiger partial charge in [0.1, 0.15) is 5.75 Å². The molecule has 0 radical (unpaired) electrons. The molecular weight excluding hydrogens is 258 g/mol. The van der Waals surface area contributed by atoms with Crippen molar-refractivity contribution in [3.63, 3.8) is 0 Å². The number of rotatable bonds is 7. The Labute approximate surface area is 109 Å². The summed E-state index contributed by atoms with van der Waals surface area (Å²) >= 11 is 5.77. The molecule has 0 fully saturated rings. The Morgan fingerprint density at radius 2 is 2.22 bits per heavy atom. The second kappa shape index (κ2) is 6.86. The van der Waals surface area contributed by atoms with E-state index in [9.17, 15) is 14.7 Å². The minimum atomic E-state index is -0.906. The van der Waals surface area contributed by atoms with Crippen molar-refractivity contribution in [3.05, 3.63) is 28.8 Å². The molecule has 98 valence electrons. The van der Waals surface area contributed by atoms with Gasteiger partial charge < -0.3 is 15.5 Å². The van der Waals surface area contributed by atoms with Gasteiger partial charge in [-0.1, -0.05) is 17.7 Å². The highest BCUT2D eigenvalue weighted by molar-refractivity contribution is 6.32. The Balaban J connectivity index is 2.66. The Morgan fingerprint density at radius 1 is 1.50 bits per heavy atom. The highest BCUT2D eigenvalue weighted by atomic mass is 35.5. The molecule has 0 saturated heterocycles. The molecule has 0 heterocycles. The van der Waals surface area contributed by atoms with E-state index in [1.165, 1.54) is 6.07 Å². The summed E-state index contributed by atoms with van der Waals surface area (Å²) in [7, 11) is 0. The van der Waals surface area contributed by atoms with Crippen molar-refractivity contribution in [2.75, 3.05) is 0 Å². The Bertz CT molecular complexity index is 436. The number of phenols is 1. The van der Waals surface area contributed by atoms with E-state index < -0.39 is 5.97 Å². The maximum Gasteiger partial charge on any atom is 0.303 e. The summed E-state index contributed by atoms with van der Waals surface area (Å²) in [6.07, 6.45) is 1.34. The fraction of sp³-hybridized carbons (Fsp3) is 0.333. The Kier molecular flexibility index (Phi) is 5.45. The number of amides is 1. The number of hydrogen-bond acceptors (Lipinski definition) is 3. The fourth-order valence-corrected chi connectivity index (χ4v) is 1.80. The van der Waals surface area contributed by atoms with Crippen molar-refractivity contribution in [1.29, 1.82) is 0 Å². The van der Waals surface area contributed by atoms with E-state index in [1.54, 1.807) is 12.1 Å². The average molecular weight is 272 g/mol. The standard InChI is InChI=1S/C12H14ClNO4/c13-10-6-8(1-3-11(10)16)5-9(14-7-15)2-4-12(17)18/h1,3,6-7,9,16H,2,4-5H2,(H,14,15)(H,17,18). The van der Waals surface area contributed by atoms with Gasteiger partial charge in [-0.2, -0.15) is 0 Å². The summed E-state index contributed by atoms with van der Waals surface area (Å²) in [6.45, 7) is 0. The zero-order valence-electron chi connectivity index (χ0n) is 9.60. The molecule has 0 saturated carbocycles. The van der Waals surface area contributed by atoms with E-state index in [4.69, 9.17) is 16.7 Å². The van der Waals surface area contributed by atoms with Gasteiger partial charge in [-0.15, -0.1) is 0 Å². The quantitative estimate of drug-likeness (QED) is 0.657. The zero-order chi connectivity index (χ0) is 13.5. The van der Waals surface area contributed by atoms with Crippen molar-refractivity contribution in [2.45, 2.75) is 25.3 Å². The molecule has 1 amide bonds. The third-order valence-electron chi connectivity index (χ3n) is 2.50. The molecule has 1 rings (SSSR count). The molecule has 1 atom stereocenters. The summed E-state index contributed by atoms with van der Waals surface area (Å²) in [5.41, 5.74) is 0.822. The first-order valence-corrected chi connectivity index (χ1v) is 5.79. The summed E-state index contributed by atoms with van der Waals surface area (Å²) in [6, 6.07) is 4.48. The smallest absolute Gasteiger partial charge is 0.303 e. The first-order valence-electron chi connectivity index (χ1n) is 5.42. The van der Waals surface area contributed by atoms with Crippen LogP contribution in [0.15, 0.2) is 18.2 Å². The van der Waals surface area contributed by atoms with Crippen molar-refractivity contribution in [1.82, 2.24) is 5.32 Å². The van der Waals surface area contributed by atoms with Gasteiger partial charge in [0.2, 0.25) is 6.41 Å². The van der Waals surface area contributed by atoms with Gasteiger partial charge in [0.05, 0.1) is 5.02 Å². The van der Waals surface area contributed by atoms with Crippen molar-refractivity contribution >= 4 is 24.0 Å². The molecule has 18 heavy (non-hydrogen) atoms. The molecular formula is C12H14ClNO4. The number of aromatic hydroxyl groups is 1. The molecule has 0 spiro atoms. The van der Waals surface area contributed by atoms with E-state index in [-0.39, 0.29) is 23.2 Å². The van der Waals surface area contributed by atoms with Crippen molar-refractivity contribution in [3.8, 4) is 5.75 Å². The molecule has 3 N–H and O–H groups in total. The van der Waals surface area contributed by atoms with Crippen LogP contribution in [0.2, 0.25) is 5.02 Å². The predicted molar refractivity (Wildman–Crippen MR) is 66.7 cm³/mol. The molecule has 1 aromatic rings. The number of benzene rings is 1. The van der Waals surface area contributed by atoms with Crippen molar-refractivity contribution < 1.29 is 19.8 Å². The summed E-state index contributed by atoms with van der Waals surface area (Å²) in [5, 5.41) is 20.7. The number of hydrogen-bond donors (Lipinski definition) is 3. The van der Waals surface area contributed by atoms with Gasteiger partial charge in [-0.25, -0.2) is 0 Å². The lowest BCUT2D eigenvalue weighted by Gasteiger charge is -2.15. The van der Waals surface area contributed by atoms with Crippen LogP contribution in [0.1, 0.15) is 18.4 Å². The van der Waals surface area contributed by atoms with Gasteiger partial charge >= 0.3 is 5.97 Å². The monoisotopic (exact) mass is 271 g/mol. The third-order valence-corrected chi connectivity index (χ3v) is 2.81. The lowest BCUT2D eigenvalue weighted by molar-refractivity contribution is -0.137. The number of carboxylic acids is 1. The first kappa shape index (κ1) is 14.3. The van der Waals surface area contributed by atoms with Crippen LogP contribution >= 0.6 is 11.6 Å². The number of phenolic OH excluding ortho intramolecular Hbond substituents is 1. The zero-order valence-corrected chi connectivity index (χ0v) is 10.4. The molecule has 6 heteroatoms. The van der Waals surface area contributed by atoms with E-state index in [1.807, 2.05) is 0 Å². The van der Waals surface area contributed by atoms with Crippen LogP contribution in [0.3, 0.4) is 0 Å². The van der Waals surface area contributed by atoms with Gasteiger partial charge in [-0.3, -0.25) is 9.59 Å². The first-order chi connectivity index (χ1) is 8.52. The molecule has 0 aromatic heterocycles. The lowest BCUT2D eigenvalue weighted by Crippen LogP contribution is -2.30. The normalized spacial score (nSPS) is 11.8. The van der Waals surface area contributed by atoms with Gasteiger partial charge in [0.15, 0.2) is 0 Å². The fourth-order valence-electron chi connectivity index (χ4n) is 1.60. The minimum absolute atomic E-state index is 0.00847. The Hall–Kier alpha value is -1.75. The largest absolute Gasteiger partial charge is 0.506 e. The van der Waals surface area contributed by atoms with Crippen LogP contribution in [-0.2, 0) is 16.0 Å². The average Bonchev–Trinajstić information content (AvgIpc) is 2.31.